The zero-order valence-electron chi connectivity index (χ0n) is 13.6. The van der Waals surface area contributed by atoms with E-state index in [9.17, 15) is 0 Å². The zero-order chi connectivity index (χ0) is 16.4. The van der Waals surface area contributed by atoms with Crippen LogP contribution < -0.4 is 5.32 Å². The Morgan fingerprint density at radius 2 is 1.70 bits per heavy atom. The first kappa shape index (κ1) is 15.6. The summed E-state index contributed by atoms with van der Waals surface area (Å²) in [5, 5.41) is 12.5. The molecule has 0 unspecified atom stereocenters. The van der Waals surface area contributed by atoms with Crippen LogP contribution in [0.5, 0.6) is 0 Å². The van der Waals surface area contributed by atoms with Crippen molar-refractivity contribution in [3.05, 3.63) is 77.9 Å². The zero-order valence-corrected chi connectivity index (χ0v) is 13.6. The second-order valence-electron chi connectivity index (χ2n) is 6.15. The van der Waals surface area contributed by atoms with E-state index in [0.717, 1.165) is 29.7 Å². The van der Waals surface area contributed by atoms with Gasteiger partial charge in [0.1, 0.15) is 0 Å². The third kappa shape index (κ3) is 2.95. The lowest BCUT2D eigenvalue weighted by atomic mass is 10.0. The number of benzene rings is 2. The van der Waals surface area contributed by atoms with Crippen LogP contribution in [0.2, 0.25) is 0 Å². The maximum absolute atomic E-state index is 8.95. The van der Waals surface area contributed by atoms with Gasteiger partial charge in [0.25, 0.3) is 0 Å². The lowest BCUT2D eigenvalue weighted by molar-refractivity contribution is 0.288. The third-order valence-electron chi connectivity index (χ3n) is 4.53. The summed E-state index contributed by atoms with van der Waals surface area (Å²) in [7, 11) is 0. The quantitative estimate of drug-likeness (QED) is 0.856. The standard InChI is InChI=1S/C21H23NO/c1-14-13-17(7-6-12-23)10-11-20(14)22-21-15(2)18-8-4-5-9-19(18)16(21)3/h4-5,8-11,13,21-23H,2-3,6-7,12H2,1H3. The Morgan fingerprint density at radius 3 is 2.26 bits per heavy atom. The molecule has 0 saturated heterocycles. The van der Waals surface area contributed by atoms with E-state index < -0.39 is 0 Å². The van der Waals surface area contributed by atoms with Gasteiger partial charge in [-0.05, 0) is 59.2 Å². The van der Waals surface area contributed by atoms with Crippen LogP contribution in [0.1, 0.15) is 28.7 Å². The van der Waals surface area contributed by atoms with Crippen molar-refractivity contribution in [1.29, 1.82) is 0 Å². The van der Waals surface area contributed by atoms with Crippen LogP contribution in [0.15, 0.2) is 55.6 Å². The Kier molecular flexibility index (Phi) is 4.35. The first-order valence-corrected chi connectivity index (χ1v) is 8.06. The van der Waals surface area contributed by atoms with E-state index in [1.165, 1.54) is 22.3 Å². The highest BCUT2D eigenvalue weighted by molar-refractivity contribution is 5.98. The number of hydrogen-bond donors (Lipinski definition) is 2. The summed E-state index contributed by atoms with van der Waals surface area (Å²) >= 11 is 0. The molecule has 118 valence electrons. The van der Waals surface area contributed by atoms with Crippen LogP contribution in [0.25, 0.3) is 11.1 Å². The molecule has 0 bridgehead atoms. The summed E-state index contributed by atoms with van der Waals surface area (Å²) in [6, 6.07) is 14.8. The highest BCUT2D eigenvalue weighted by Gasteiger charge is 2.28. The Labute approximate surface area is 138 Å². The molecule has 2 aromatic rings. The van der Waals surface area contributed by atoms with Crippen LogP contribution in [0.3, 0.4) is 0 Å². The predicted octanol–water partition coefficient (Wildman–Crippen LogP) is 4.44. The number of aliphatic hydroxyl groups excluding tert-OH is 1. The lowest BCUT2D eigenvalue weighted by Gasteiger charge is -2.19. The average molecular weight is 305 g/mol. The number of nitrogens with one attached hydrogen (secondary N) is 1. The number of rotatable bonds is 5. The normalized spacial score (nSPS) is 14.2. The van der Waals surface area contributed by atoms with Gasteiger partial charge in [0.2, 0.25) is 0 Å². The van der Waals surface area contributed by atoms with Gasteiger partial charge < -0.3 is 10.4 Å². The van der Waals surface area contributed by atoms with Gasteiger partial charge >= 0.3 is 0 Å². The SMILES string of the molecule is C=C1c2ccccc2C(=C)C1Nc1ccc(CCCO)cc1C. The first-order valence-electron chi connectivity index (χ1n) is 8.06. The summed E-state index contributed by atoms with van der Waals surface area (Å²) in [6.45, 7) is 10.9. The summed E-state index contributed by atoms with van der Waals surface area (Å²) in [5.74, 6) is 0. The second kappa shape index (κ2) is 6.43. The lowest BCUT2D eigenvalue weighted by Crippen LogP contribution is -2.18. The van der Waals surface area contributed by atoms with Crippen molar-refractivity contribution in [1.82, 2.24) is 0 Å². The molecule has 1 aliphatic carbocycles. The molecule has 2 aromatic carbocycles. The molecule has 3 rings (SSSR count). The molecule has 0 amide bonds. The highest BCUT2D eigenvalue weighted by atomic mass is 16.2. The van der Waals surface area contributed by atoms with E-state index in [1.807, 2.05) is 12.1 Å². The predicted molar refractivity (Wildman–Crippen MR) is 98.5 cm³/mol. The van der Waals surface area contributed by atoms with Crippen molar-refractivity contribution in [2.75, 3.05) is 11.9 Å². The molecule has 1 aliphatic rings. The Morgan fingerprint density at radius 1 is 1.04 bits per heavy atom. The van der Waals surface area contributed by atoms with Crippen LogP contribution in [0, 0.1) is 6.92 Å². The van der Waals surface area contributed by atoms with E-state index in [-0.39, 0.29) is 12.6 Å². The smallest absolute Gasteiger partial charge is 0.0768 e. The minimum Gasteiger partial charge on any atom is -0.396 e. The molecule has 2 heteroatoms. The van der Waals surface area contributed by atoms with Gasteiger partial charge in [-0.1, -0.05) is 49.6 Å². The van der Waals surface area contributed by atoms with Crippen molar-refractivity contribution >= 4 is 16.8 Å². The molecule has 2 N–H and O–H groups in total. The monoisotopic (exact) mass is 305 g/mol. The van der Waals surface area contributed by atoms with Crippen LogP contribution in [-0.2, 0) is 6.42 Å². The molecule has 0 fully saturated rings. The topological polar surface area (TPSA) is 32.3 Å². The molecular formula is C21H23NO. The third-order valence-corrected chi connectivity index (χ3v) is 4.53. The summed E-state index contributed by atoms with van der Waals surface area (Å²) < 4.78 is 0. The fraction of sp³-hybridized carbons (Fsp3) is 0.238. The van der Waals surface area contributed by atoms with E-state index >= 15 is 0 Å². The number of anilines is 1. The van der Waals surface area contributed by atoms with Crippen molar-refractivity contribution in [2.24, 2.45) is 0 Å². The van der Waals surface area contributed by atoms with Gasteiger partial charge in [-0.25, -0.2) is 0 Å². The molecule has 0 spiro atoms. The fourth-order valence-corrected chi connectivity index (χ4v) is 3.22. The van der Waals surface area contributed by atoms with E-state index in [2.05, 4.69) is 55.7 Å². The minimum absolute atomic E-state index is 0.0504. The minimum atomic E-state index is 0.0504. The van der Waals surface area contributed by atoms with Crippen LogP contribution in [-0.4, -0.2) is 17.8 Å². The Balaban J connectivity index is 1.81. The van der Waals surface area contributed by atoms with Gasteiger partial charge in [0.05, 0.1) is 6.04 Å². The fourth-order valence-electron chi connectivity index (χ4n) is 3.22. The molecule has 0 saturated carbocycles. The molecule has 0 radical (unpaired) electrons. The number of aliphatic hydroxyl groups is 1. The molecule has 2 nitrogen and oxygen atoms in total. The van der Waals surface area contributed by atoms with Crippen molar-refractivity contribution in [2.45, 2.75) is 25.8 Å². The summed E-state index contributed by atoms with van der Waals surface area (Å²) in [6.07, 6.45) is 1.71. The Hall–Kier alpha value is -2.32. The number of aryl methyl sites for hydroxylation is 2. The maximum atomic E-state index is 8.95. The molecule has 0 atom stereocenters. The molecular weight excluding hydrogens is 282 g/mol. The largest absolute Gasteiger partial charge is 0.396 e. The first-order chi connectivity index (χ1) is 11.1. The summed E-state index contributed by atoms with van der Waals surface area (Å²) in [5.41, 5.74) is 8.10. The second-order valence-corrected chi connectivity index (χ2v) is 6.15. The van der Waals surface area contributed by atoms with Gasteiger partial charge in [-0.3, -0.25) is 0 Å². The van der Waals surface area contributed by atoms with Gasteiger partial charge in [-0.2, -0.15) is 0 Å². The van der Waals surface area contributed by atoms with Crippen LogP contribution in [0.4, 0.5) is 5.69 Å². The highest BCUT2D eigenvalue weighted by Crippen LogP contribution is 2.40. The Bertz CT molecular complexity index is 725. The van der Waals surface area contributed by atoms with Crippen LogP contribution >= 0.6 is 0 Å². The summed E-state index contributed by atoms with van der Waals surface area (Å²) in [4.78, 5) is 0. The van der Waals surface area contributed by atoms with E-state index in [4.69, 9.17) is 5.11 Å². The van der Waals surface area contributed by atoms with Gasteiger partial charge in [-0.15, -0.1) is 0 Å². The maximum Gasteiger partial charge on any atom is 0.0768 e. The molecule has 0 aliphatic heterocycles. The van der Waals surface area contributed by atoms with Crippen molar-refractivity contribution in [3.63, 3.8) is 0 Å². The van der Waals surface area contributed by atoms with Crippen molar-refractivity contribution < 1.29 is 5.11 Å². The molecule has 0 heterocycles. The molecule has 0 aromatic heterocycles. The average Bonchev–Trinajstić information content (AvgIpc) is 2.80. The van der Waals surface area contributed by atoms with Crippen molar-refractivity contribution in [3.8, 4) is 0 Å². The van der Waals surface area contributed by atoms with Gasteiger partial charge in [0, 0.05) is 12.3 Å². The number of hydrogen-bond acceptors (Lipinski definition) is 2. The van der Waals surface area contributed by atoms with E-state index in [1.54, 1.807) is 0 Å². The molecule has 23 heavy (non-hydrogen) atoms. The number of fused-ring (bicyclic) bond motifs is 1. The van der Waals surface area contributed by atoms with E-state index in [0.29, 0.717) is 0 Å². The van der Waals surface area contributed by atoms with Gasteiger partial charge in [0.15, 0.2) is 0 Å².